The Morgan fingerprint density at radius 2 is 1.85 bits per heavy atom. The summed E-state index contributed by atoms with van der Waals surface area (Å²) in [7, 11) is 0. The van der Waals surface area contributed by atoms with Gasteiger partial charge in [-0.1, -0.05) is 25.5 Å². The number of hydrogen-bond acceptors (Lipinski definition) is 4. The van der Waals surface area contributed by atoms with Crippen molar-refractivity contribution in [2.24, 2.45) is 5.92 Å². The number of ether oxygens (including phenoxy) is 1. The van der Waals surface area contributed by atoms with E-state index >= 15 is 0 Å². The zero-order valence-electron chi connectivity index (χ0n) is 16.5. The molecule has 0 bridgehead atoms. The summed E-state index contributed by atoms with van der Waals surface area (Å²) in [6, 6.07) is 6.57. The number of amides is 2. The van der Waals surface area contributed by atoms with Crippen LogP contribution < -0.4 is 10.1 Å². The average molecular weight is 372 g/mol. The summed E-state index contributed by atoms with van der Waals surface area (Å²) in [4.78, 5) is 37.6. The molecule has 2 amide bonds. The van der Waals surface area contributed by atoms with E-state index in [0.717, 1.165) is 18.4 Å². The third-order valence-electron chi connectivity index (χ3n) is 4.76. The number of piperidine rings is 1. The second-order valence-corrected chi connectivity index (χ2v) is 7.24. The Balaban J connectivity index is 1.88. The van der Waals surface area contributed by atoms with E-state index < -0.39 is 5.97 Å². The third-order valence-corrected chi connectivity index (χ3v) is 4.76. The van der Waals surface area contributed by atoms with E-state index in [1.807, 2.05) is 11.8 Å². The molecular weight excluding hydrogens is 344 g/mol. The molecule has 1 aliphatic rings. The fraction of sp³-hybridized carbons (Fsp3) is 0.476. The molecule has 6 nitrogen and oxygen atoms in total. The van der Waals surface area contributed by atoms with Gasteiger partial charge in [-0.15, -0.1) is 0 Å². The van der Waals surface area contributed by atoms with Crippen LogP contribution in [0.4, 0.5) is 0 Å². The van der Waals surface area contributed by atoms with Crippen LogP contribution >= 0.6 is 0 Å². The van der Waals surface area contributed by atoms with Gasteiger partial charge in [0.2, 0.25) is 5.91 Å². The van der Waals surface area contributed by atoms with E-state index in [2.05, 4.69) is 19.2 Å². The molecule has 1 aromatic rings. The monoisotopic (exact) mass is 372 g/mol. The number of hydrogen-bond donors (Lipinski definition) is 1. The lowest BCUT2D eigenvalue weighted by atomic mass is 10.0. The molecule has 27 heavy (non-hydrogen) atoms. The Labute approximate surface area is 160 Å². The molecule has 1 N–H and O–H groups in total. The Morgan fingerprint density at radius 1 is 1.19 bits per heavy atom. The van der Waals surface area contributed by atoms with Gasteiger partial charge in [-0.25, -0.2) is 0 Å². The van der Waals surface area contributed by atoms with Gasteiger partial charge in [0.05, 0.1) is 0 Å². The summed E-state index contributed by atoms with van der Waals surface area (Å²) in [6.07, 6.45) is 3.15. The second kappa shape index (κ2) is 9.35. The predicted octanol–water partition coefficient (Wildman–Crippen LogP) is 2.94. The van der Waals surface area contributed by atoms with Gasteiger partial charge in [-0.05, 0) is 43.9 Å². The van der Waals surface area contributed by atoms with Gasteiger partial charge in [0.25, 0.3) is 5.91 Å². The normalized spacial score (nSPS) is 15.6. The van der Waals surface area contributed by atoms with E-state index in [1.165, 1.54) is 6.92 Å². The Kier molecular flexibility index (Phi) is 7.16. The highest BCUT2D eigenvalue weighted by atomic mass is 16.5. The van der Waals surface area contributed by atoms with Crippen molar-refractivity contribution in [1.29, 1.82) is 0 Å². The van der Waals surface area contributed by atoms with Gasteiger partial charge >= 0.3 is 5.97 Å². The average Bonchev–Trinajstić information content (AvgIpc) is 2.61. The van der Waals surface area contributed by atoms with Crippen molar-refractivity contribution in [3.63, 3.8) is 0 Å². The van der Waals surface area contributed by atoms with Crippen LogP contribution in [0.3, 0.4) is 0 Å². The number of allylic oxidation sites excluding steroid dienone is 1. The van der Waals surface area contributed by atoms with Crippen LogP contribution in [0.2, 0.25) is 0 Å². The summed E-state index contributed by atoms with van der Waals surface area (Å²) in [5.74, 6) is 0.118. The number of rotatable bonds is 5. The maximum Gasteiger partial charge on any atom is 0.308 e. The van der Waals surface area contributed by atoms with Crippen LogP contribution in [0.25, 0.3) is 0 Å². The first kappa shape index (κ1) is 20.7. The van der Waals surface area contributed by atoms with E-state index in [1.54, 1.807) is 30.3 Å². The highest BCUT2D eigenvalue weighted by Crippen LogP contribution is 2.16. The Hall–Kier alpha value is -2.63. The number of carbonyl (C=O) groups excluding carboxylic acids is 3. The first-order chi connectivity index (χ1) is 12.8. The van der Waals surface area contributed by atoms with Crippen molar-refractivity contribution in [2.75, 3.05) is 13.1 Å². The van der Waals surface area contributed by atoms with Gasteiger partial charge in [0.1, 0.15) is 5.75 Å². The van der Waals surface area contributed by atoms with Gasteiger partial charge < -0.3 is 15.0 Å². The molecule has 0 atom stereocenters. The fourth-order valence-corrected chi connectivity index (χ4v) is 2.83. The fourth-order valence-electron chi connectivity index (χ4n) is 2.83. The Morgan fingerprint density at radius 3 is 2.44 bits per heavy atom. The van der Waals surface area contributed by atoms with Crippen LogP contribution in [-0.4, -0.2) is 41.8 Å². The maximum absolute atomic E-state index is 12.4. The van der Waals surface area contributed by atoms with Crippen molar-refractivity contribution in [1.82, 2.24) is 10.2 Å². The zero-order chi connectivity index (χ0) is 20.0. The maximum atomic E-state index is 12.4. The number of esters is 1. The number of nitrogens with zero attached hydrogens (tertiary/aromatic N) is 1. The summed E-state index contributed by atoms with van der Waals surface area (Å²) < 4.78 is 5.02. The minimum Gasteiger partial charge on any atom is -0.427 e. The molecule has 1 aromatic carbocycles. The third kappa shape index (κ3) is 6.24. The second-order valence-electron chi connectivity index (χ2n) is 7.24. The molecule has 0 saturated carbocycles. The number of likely N-dealkylation sites (tertiary alicyclic amines) is 1. The molecule has 6 heteroatoms. The molecule has 0 spiro atoms. The lowest BCUT2D eigenvalue weighted by molar-refractivity contribution is -0.132. The van der Waals surface area contributed by atoms with Crippen molar-refractivity contribution in [2.45, 2.75) is 46.6 Å². The first-order valence-corrected chi connectivity index (χ1v) is 9.32. The molecule has 1 fully saturated rings. The lowest BCUT2D eigenvalue weighted by Crippen LogP contribution is -2.46. The largest absolute Gasteiger partial charge is 0.427 e. The minimum atomic E-state index is -0.425. The van der Waals surface area contributed by atoms with Crippen molar-refractivity contribution >= 4 is 17.8 Å². The summed E-state index contributed by atoms with van der Waals surface area (Å²) >= 11 is 0. The van der Waals surface area contributed by atoms with Crippen LogP contribution in [0, 0.1) is 5.92 Å². The molecule has 146 valence electrons. The van der Waals surface area contributed by atoms with E-state index in [-0.39, 0.29) is 17.9 Å². The minimum absolute atomic E-state index is 0.0223. The van der Waals surface area contributed by atoms with Crippen molar-refractivity contribution in [3.8, 4) is 5.75 Å². The van der Waals surface area contributed by atoms with Gasteiger partial charge in [0, 0.05) is 37.7 Å². The van der Waals surface area contributed by atoms with Crippen LogP contribution in [0.5, 0.6) is 5.75 Å². The molecule has 0 radical (unpaired) electrons. The smallest absolute Gasteiger partial charge is 0.308 e. The summed E-state index contributed by atoms with van der Waals surface area (Å²) in [5.41, 5.74) is 1.52. The zero-order valence-corrected chi connectivity index (χ0v) is 16.5. The topological polar surface area (TPSA) is 75.7 Å². The van der Waals surface area contributed by atoms with E-state index in [4.69, 9.17) is 4.74 Å². The number of carbonyl (C=O) groups is 3. The van der Waals surface area contributed by atoms with E-state index in [9.17, 15) is 14.4 Å². The molecule has 0 aliphatic carbocycles. The number of nitrogens with one attached hydrogen (secondary N) is 1. The predicted molar refractivity (Wildman–Crippen MR) is 103 cm³/mol. The molecule has 0 unspecified atom stereocenters. The van der Waals surface area contributed by atoms with Crippen molar-refractivity contribution < 1.29 is 19.1 Å². The van der Waals surface area contributed by atoms with Crippen LogP contribution in [-0.2, 0) is 9.59 Å². The molecule has 1 heterocycles. The highest BCUT2D eigenvalue weighted by Gasteiger charge is 2.23. The quantitative estimate of drug-likeness (QED) is 0.490. The lowest BCUT2D eigenvalue weighted by Gasteiger charge is -2.32. The summed E-state index contributed by atoms with van der Waals surface area (Å²) in [6.45, 7) is 8.67. The van der Waals surface area contributed by atoms with E-state index in [0.29, 0.717) is 30.3 Å². The van der Waals surface area contributed by atoms with Crippen molar-refractivity contribution in [3.05, 3.63) is 41.5 Å². The SMILES string of the molecule is CC(=O)Oc1cccc(C(=O)NC2CCN(C(=O)/C=C(\C)C(C)C)CC2)c1. The van der Waals surface area contributed by atoms with Gasteiger partial charge in [-0.2, -0.15) is 0 Å². The van der Waals surface area contributed by atoms with Crippen LogP contribution in [0.15, 0.2) is 35.9 Å². The molecule has 1 aliphatic heterocycles. The van der Waals surface area contributed by atoms with Gasteiger partial charge in [0.15, 0.2) is 0 Å². The first-order valence-electron chi connectivity index (χ1n) is 9.32. The Bertz CT molecular complexity index is 731. The number of benzene rings is 1. The molecule has 1 saturated heterocycles. The van der Waals surface area contributed by atoms with Gasteiger partial charge in [-0.3, -0.25) is 14.4 Å². The van der Waals surface area contributed by atoms with Crippen LogP contribution in [0.1, 0.15) is 50.9 Å². The molecular formula is C21H28N2O4. The summed E-state index contributed by atoms with van der Waals surface area (Å²) in [5, 5.41) is 3.00. The highest BCUT2D eigenvalue weighted by molar-refractivity contribution is 5.95. The standard InChI is InChI=1S/C21H28N2O4/c1-14(2)15(3)12-20(25)23-10-8-18(9-11-23)22-21(26)17-6-5-7-19(13-17)27-16(4)24/h5-7,12-14,18H,8-11H2,1-4H3,(H,22,26)/b15-12+. The molecule has 2 rings (SSSR count). The molecule has 0 aromatic heterocycles.